The van der Waals surface area contributed by atoms with Crippen molar-refractivity contribution in [2.75, 3.05) is 13.7 Å². The van der Waals surface area contributed by atoms with Gasteiger partial charge in [0.15, 0.2) is 5.60 Å². The number of hydrogen-bond acceptors (Lipinski definition) is 5. The summed E-state index contributed by atoms with van der Waals surface area (Å²) in [6.07, 6.45) is 5.79. The third-order valence-corrected chi connectivity index (χ3v) is 6.65. The normalized spacial score (nSPS) is 26.8. The summed E-state index contributed by atoms with van der Waals surface area (Å²) in [5, 5.41) is 0. The van der Waals surface area contributed by atoms with Crippen LogP contribution < -0.4 is 4.74 Å². The first-order chi connectivity index (χ1) is 16.1. The van der Waals surface area contributed by atoms with Crippen molar-refractivity contribution in [1.29, 1.82) is 0 Å². The molecule has 5 heteroatoms. The molecule has 4 rings (SSSR count). The van der Waals surface area contributed by atoms with Gasteiger partial charge in [-0.1, -0.05) is 42.5 Å². The van der Waals surface area contributed by atoms with Gasteiger partial charge in [0.25, 0.3) is 0 Å². The molecule has 2 aromatic carbocycles. The van der Waals surface area contributed by atoms with E-state index in [1.54, 1.807) is 7.11 Å². The summed E-state index contributed by atoms with van der Waals surface area (Å²) in [5.74, 6) is 1.80. The van der Waals surface area contributed by atoms with Crippen molar-refractivity contribution < 1.29 is 23.7 Å². The van der Waals surface area contributed by atoms with Crippen molar-refractivity contribution in [2.45, 2.75) is 76.7 Å². The first-order valence-electron chi connectivity index (χ1n) is 11.9. The maximum atomic E-state index is 6.50. The molecule has 0 radical (unpaired) electrons. The Hall–Kier alpha value is -2.34. The van der Waals surface area contributed by atoms with Crippen molar-refractivity contribution in [1.82, 2.24) is 0 Å². The number of methoxy groups -OCH3 is 1. The van der Waals surface area contributed by atoms with E-state index in [-0.39, 0.29) is 18.3 Å². The molecule has 0 aliphatic carbocycles. The van der Waals surface area contributed by atoms with Crippen molar-refractivity contribution in [3.05, 3.63) is 77.6 Å². The molecule has 178 valence electrons. The van der Waals surface area contributed by atoms with Crippen LogP contribution in [0.1, 0.15) is 50.7 Å². The average Bonchev–Trinajstić information content (AvgIpc) is 2.83. The van der Waals surface area contributed by atoms with E-state index in [0.29, 0.717) is 13.2 Å². The van der Waals surface area contributed by atoms with Gasteiger partial charge in [0.2, 0.25) is 0 Å². The molecule has 0 bridgehead atoms. The van der Waals surface area contributed by atoms with Crippen LogP contribution in [0.2, 0.25) is 0 Å². The molecule has 2 aliphatic heterocycles. The molecule has 5 nitrogen and oxygen atoms in total. The predicted octanol–water partition coefficient (Wildman–Crippen LogP) is 5.82. The summed E-state index contributed by atoms with van der Waals surface area (Å²) in [5.41, 5.74) is 1.85. The molecular weight excluding hydrogens is 416 g/mol. The zero-order valence-corrected chi connectivity index (χ0v) is 20.0. The van der Waals surface area contributed by atoms with Crippen LogP contribution in [0.15, 0.2) is 66.4 Å². The van der Waals surface area contributed by atoms with Gasteiger partial charge in [-0.3, -0.25) is 0 Å². The highest BCUT2D eigenvalue weighted by molar-refractivity contribution is 5.26. The van der Waals surface area contributed by atoms with Gasteiger partial charge in [-0.25, -0.2) is 0 Å². The van der Waals surface area contributed by atoms with E-state index in [4.69, 9.17) is 23.7 Å². The highest BCUT2D eigenvalue weighted by Crippen LogP contribution is 2.41. The lowest BCUT2D eigenvalue weighted by Gasteiger charge is -2.50. The highest BCUT2D eigenvalue weighted by atomic mass is 16.6. The average molecular weight is 453 g/mol. The van der Waals surface area contributed by atoms with Crippen molar-refractivity contribution in [3.8, 4) is 5.75 Å². The summed E-state index contributed by atoms with van der Waals surface area (Å²) in [7, 11) is 1.68. The van der Waals surface area contributed by atoms with Gasteiger partial charge in [-0.05, 0) is 62.4 Å². The third-order valence-electron chi connectivity index (χ3n) is 6.65. The van der Waals surface area contributed by atoms with Gasteiger partial charge >= 0.3 is 0 Å². The summed E-state index contributed by atoms with van der Waals surface area (Å²) in [6.45, 7) is 6.06. The Morgan fingerprint density at radius 1 is 1.00 bits per heavy atom. The Bertz CT molecular complexity index is 894. The lowest BCUT2D eigenvalue weighted by molar-refractivity contribution is -0.247. The predicted molar refractivity (Wildman–Crippen MR) is 128 cm³/mol. The van der Waals surface area contributed by atoms with E-state index in [1.807, 2.05) is 49.4 Å². The minimum Gasteiger partial charge on any atom is -0.497 e. The lowest BCUT2D eigenvalue weighted by atomic mass is 9.81. The van der Waals surface area contributed by atoms with Crippen LogP contribution in [-0.4, -0.2) is 37.6 Å². The van der Waals surface area contributed by atoms with E-state index in [2.05, 4.69) is 25.1 Å². The van der Waals surface area contributed by atoms with E-state index in [9.17, 15) is 0 Å². The van der Waals surface area contributed by atoms with Gasteiger partial charge in [0, 0.05) is 13.0 Å². The molecule has 0 N–H and O–H groups in total. The molecule has 33 heavy (non-hydrogen) atoms. The molecule has 0 saturated carbocycles. The maximum absolute atomic E-state index is 6.50. The molecule has 1 fully saturated rings. The van der Waals surface area contributed by atoms with Crippen LogP contribution in [-0.2, 0) is 32.2 Å². The smallest absolute Gasteiger partial charge is 0.158 e. The summed E-state index contributed by atoms with van der Waals surface area (Å²) in [6, 6.07) is 18.3. The summed E-state index contributed by atoms with van der Waals surface area (Å²) in [4.78, 5) is 0. The molecule has 0 aromatic heterocycles. The molecule has 2 aliphatic rings. The van der Waals surface area contributed by atoms with Crippen LogP contribution in [0, 0.1) is 0 Å². The van der Waals surface area contributed by atoms with Crippen LogP contribution in [0.25, 0.3) is 0 Å². The van der Waals surface area contributed by atoms with E-state index < -0.39 is 5.60 Å². The first kappa shape index (κ1) is 23.8. The number of hydrogen-bond donors (Lipinski definition) is 0. The van der Waals surface area contributed by atoms with E-state index >= 15 is 0 Å². The van der Waals surface area contributed by atoms with Gasteiger partial charge in [-0.2, -0.15) is 0 Å². The molecule has 4 atom stereocenters. The topological polar surface area (TPSA) is 46.2 Å². The number of fused-ring (bicyclic) bond motifs is 1. The zero-order valence-electron chi connectivity index (χ0n) is 20.0. The van der Waals surface area contributed by atoms with Crippen LogP contribution in [0.4, 0.5) is 0 Å². The molecule has 2 aromatic rings. The van der Waals surface area contributed by atoms with Crippen LogP contribution in [0.3, 0.4) is 0 Å². The molecule has 0 unspecified atom stereocenters. The maximum Gasteiger partial charge on any atom is 0.158 e. The number of benzene rings is 2. The molecule has 0 amide bonds. The second-order valence-corrected chi connectivity index (χ2v) is 9.15. The van der Waals surface area contributed by atoms with Crippen LogP contribution in [0.5, 0.6) is 5.75 Å². The monoisotopic (exact) mass is 452 g/mol. The van der Waals surface area contributed by atoms with Gasteiger partial charge in [-0.15, -0.1) is 0 Å². The fourth-order valence-corrected chi connectivity index (χ4v) is 4.70. The minimum absolute atomic E-state index is 0.00828. The van der Waals surface area contributed by atoms with Crippen molar-refractivity contribution in [2.24, 2.45) is 0 Å². The standard InChI is InChI=1S/C28H36O5/c1-21-11-16-26-28(2,33-21)27(31-20-23-12-14-24(29-3)15-13-23)18-25(32-26)10-7-17-30-19-22-8-5-4-6-9-22/h4-6,8-9,11-15,25-27H,7,10,16-20H2,1-3H3/t25-,26+,27+,28+/m0/s1. The quantitative estimate of drug-likeness (QED) is 0.425. The summed E-state index contributed by atoms with van der Waals surface area (Å²) >= 11 is 0. The molecular formula is C28H36O5. The molecule has 1 saturated heterocycles. The minimum atomic E-state index is -0.481. The molecule has 2 heterocycles. The number of ether oxygens (including phenoxy) is 5. The van der Waals surface area contributed by atoms with E-state index in [0.717, 1.165) is 49.4 Å². The van der Waals surface area contributed by atoms with E-state index in [1.165, 1.54) is 5.56 Å². The zero-order chi connectivity index (χ0) is 23.1. The Kier molecular flexibility index (Phi) is 8.07. The highest BCUT2D eigenvalue weighted by Gasteiger charge is 2.51. The Balaban J connectivity index is 1.32. The lowest BCUT2D eigenvalue weighted by Crippen LogP contribution is -2.60. The number of allylic oxidation sites excluding steroid dienone is 1. The Morgan fingerprint density at radius 3 is 2.52 bits per heavy atom. The largest absolute Gasteiger partial charge is 0.497 e. The van der Waals surface area contributed by atoms with Crippen molar-refractivity contribution >= 4 is 0 Å². The summed E-state index contributed by atoms with van der Waals surface area (Å²) < 4.78 is 30.4. The second kappa shape index (κ2) is 11.2. The second-order valence-electron chi connectivity index (χ2n) is 9.15. The van der Waals surface area contributed by atoms with Gasteiger partial charge in [0.1, 0.15) is 18.0 Å². The Labute approximate surface area is 197 Å². The third kappa shape index (κ3) is 6.17. The fraction of sp³-hybridized carbons (Fsp3) is 0.500. The first-order valence-corrected chi connectivity index (χ1v) is 11.9. The fourth-order valence-electron chi connectivity index (χ4n) is 4.70. The molecule has 0 spiro atoms. The SMILES string of the molecule is COc1ccc(CO[C@@H]2C[C@H](CCCOCc3ccccc3)O[C@@H]3CC=C(C)O[C@@]23C)cc1. The Morgan fingerprint density at radius 2 is 1.76 bits per heavy atom. The van der Waals surface area contributed by atoms with Crippen LogP contribution >= 0.6 is 0 Å². The van der Waals surface area contributed by atoms with Gasteiger partial charge in [0.05, 0.1) is 32.2 Å². The number of rotatable bonds is 10. The van der Waals surface area contributed by atoms with Gasteiger partial charge < -0.3 is 23.7 Å². The van der Waals surface area contributed by atoms with Crippen molar-refractivity contribution in [3.63, 3.8) is 0 Å².